The van der Waals surface area contributed by atoms with Crippen molar-refractivity contribution in [3.05, 3.63) is 54.1 Å². The van der Waals surface area contributed by atoms with E-state index in [1.54, 1.807) is 24.3 Å². The van der Waals surface area contributed by atoms with Crippen LogP contribution >= 0.6 is 0 Å². The number of halogens is 3. The van der Waals surface area contributed by atoms with E-state index in [0.717, 1.165) is 17.0 Å². The first-order chi connectivity index (χ1) is 12.3. The number of imide groups is 1. The molecule has 8 heteroatoms. The highest BCUT2D eigenvalue weighted by Gasteiger charge is 2.40. The molecule has 0 spiro atoms. The van der Waals surface area contributed by atoms with Crippen LogP contribution < -0.4 is 15.0 Å². The lowest BCUT2D eigenvalue weighted by atomic mass is 10.2. The molecule has 136 valence electrons. The minimum atomic E-state index is -4.55. The Morgan fingerprint density at radius 3 is 2.42 bits per heavy atom. The number of ether oxygens (including phenoxy) is 1. The van der Waals surface area contributed by atoms with Gasteiger partial charge in [0.2, 0.25) is 5.91 Å². The Morgan fingerprint density at radius 2 is 1.81 bits per heavy atom. The van der Waals surface area contributed by atoms with Gasteiger partial charge in [0.05, 0.1) is 24.8 Å². The Labute approximate surface area is 147 Å². The molecule has 0 radical (unpaired) electrons. The fourth-order valence-electron chi connectivity index (χ4n) is 2.73. The van der Waals surface area contributed by atoms with Gasteiger partial charge in [0.1, 0.15) is 11.8 Å². The highest BCUT2D eigenvalue weighted by Crippen LogP contribution is 2.33. The third-order valence-electron chi connectivity index (χ3n) is 4.01. The average molecular weight is 364 g/mol. The van der Waals surface area contributed by atoms with E-state index < -0.39 is 29.6 Å². The van der Waals surface area contributed by atoms with Crippen LogP contribution in [0.15, 0.2) is 48.5 Å². The molecule has 0 unspecified atom stereocenters. The molecule has 26 heavy (non-hydrogen) atoms. The maximum absolute atomic E-state index is 12.9. The molecule has 2 amide bonds. The summed E-state index contributed by atoms with van der Waals surface area (Å²) < 4.78 is 43.6. The molecule has 1 heterocycles. The van der Waals surface area contributed by atoms with Crippen LogP contribution in [0.2, 0.25) is 0 Å². The highest BCUT2D eigenvalue weighted by molar-refractivity contribution is 6.23. The quantitative estimate of drug-likeness (QED) is 0.845. The summed E-state index contributed by atoms with van der Waals surface area (Å²) in [4.78, 5) is 25.5. The summed E-state index contributed by atoms with van der Waals surface area (Å²) in [6, 6.07) is 10.1. The van der Waals surface area contributed by atoms with E-state index in [4.69, 9.17) is 4.74 Å². The Morgan fingerprint density at radius 1 is 1.12 bits per heavy atom. The van der Waals surface area contributed by atoms with Gasteiger partial charge in [0, 0.05) is 5.69 Å². The van der Waals surface area contributed by atoms with Gasteiger partial charge in [-0.3, -0.25) is 9.59 Å². The molecular formula is C18H15F3N2O3. The maximum Gasteiger partial charge on any atom is 0.416 e. The van der Waals surface area contributed by atoms with Crippen LogP contribution in [0.25, 0.3) is 0 Å². The SMILES string of the molecule is COc1ccc(N[C@@H]2CC(=O)N(c3cccc(C(F)(F)F)c3)C2=O)cc1. The van der Waals surface area contributed by atoms with Gasteiger partial charge in [-0.2, -0.15) is 13.2 Å². The summed E-state index contributed by atoms with van der Waals surface area (Å²) in [6.45, 7) is 0. The van der Waals surface area contributed by atoms with E-state index in [1.165, 1.54) is 19.2 Å². The van der Waals surface area contributed by atoms with E-state index in [9.17, 15) is 22.8 Å². The zero-order valence-corrected chi connectivity index (χ0v) is 13.7. The molecule has 1 atom stereocenters. The second kappa shape index (κ2) is 6.70. The van der Waals surface area contributed by atoms with Crippen LogP contribution in [0, 0.1) is 0 Å². The van der Waals surface area contributed by atoms with Gasteiger partial charge in [-0.05, 0) is 42.5 Å². The van der Waals surface area contributed by atoms with Gasteiger partial charge >= 0.3 is 6.18 Å². The molecule has 2 aromatic carbocycles. The molecule has 1 saturated heterocycles. The normalized spacial score (nSPS) is 17.5. The number of benzene rings is 2. The maximum atomic E-state index is 12.9. The van der Waals surface area contributed by atoms with Gasteiger partial charge in [-0.25, -0.2) is 4.90 Å². The summed E-state index contributed by atoms with van der Waals surface area (Å²) in [5.41, 5.74) is -0.404. The number of nitrogens with zero attached hydrogens (tertiary/aromatic N) is 1. The van der Waals surface area contributed by atoms with Gasteiger partial charge in [0.15, 0.2) is 0 Å². The van der Waals surface area contributed by atoms with E-state index in [2.05, 4.69) is 5.32 Å². The number of carbonyl (C=O) groups excluding carboxylic acids is 2. The Kier molecular flexibility index (Phi) is 4.58. The fourth-order valence-corrected chi connectivity index (χ4v) is 2.73. The lowest BCUT2D eigenvalue weighted by Gasteiger charge is -2.17. The van der Waals surface area contributed by atoms with E-state index in [-0.39, 0.29) is 12.1 Å². The largest absolute Gasteiger partial charge is 0.497 e. The number of amides is 2. The van der Waals surface area contributed by atoms with Crippen molar-refractivity contribution in [2.75, 3.05) is 17.3 Å². The van der Waals surface area contributed by atoms with Crippen molar-refractivity contribution < 1.29 is 27.5 Å². The lowest BCUT2D eigenvalue weighted by Crippen LogP contribution is -2.34. The molecule has 0 bridgehead atoms. The predicted octanol–water partition coefficient (Wildman–Crippen LogP) is 3.46. The van der Waals surface area contributed by atoms with E-state index in [1.807, 2.05) is 0 Å². The predicted molar refractivity (Wildman–Crippen MR) is 89.0 cm³/mol. The van der Waals surface area contributed by atoms with Crippen LogP contribution in [-0.4, -0.2) is 25.0 Å². The van der Waals surface area contributed by atoms with Crippen LogP contribution in [0.4, 0.5) is 24.5 Å². The van der Waals surface area contributed by atoms with Gasteiger partial charge in [0.25, 0.3) is 5.91 Å². The Bertz CT molecular complexity index is 834. The number of rotatable bonds is 4. The van der Waals surface area contributed by atoms with Crippen molar-refractivity contribution >= 4 is 23.2 Å². The van der Waals surface area contributed by atoms with Gasteiger partial charge < -0.3 is 10.1 Å². The zero-order chi connectivity index (χ0) is 18.9. The van der Waals surface area contributed by atoms with Crippen molar-refractivity contribution in [3.8, 4) is 5.75 Å². The molecule has 0 saturated carbocycles. The number of nitrogens with one attached hydrogen (secondary N) is 1. The first-order valence-corrected chi connectivity index (χ1v) is 7.74. The second-order valence-corrected chi connectivity index (χ2v) is 5.75. The second-order valence-electron chi connectivity index (χ2n) is 5.75. The summed E-state index contributed by atoms with van der Waals surface area (Å²) in [7, 11) is 1.52. The molecule has 0 aromatic heterocycles. The smallest absolute Gasteiger partial charge is 0.416 e. The molecule has 1 N–H and O–H groups in total. The van der Waals surface area contributed by atoms with E-state index in [0.29, 0.717) is 11.4 Å². The summed E-state index contributed by atoms with van der Waals surface area (Å²) >= 11 is 0. The van der Waals surface area contributed by atoms with Crippen molar-refractivity contribution in [2.24, 2.45) is 0 Å². The lowest BCUT2D eigenvalue weighted by molar-refractivity contribution is -0.137. The first kappa shape index (κ1) is 17.8. The minimum absolute atomic E-state index is 0.0890. The van der Waals surface area contributed by atoms with Crippen molar-refractivity contribution in [3.63, 3.8) is 0 Å². The molecule has 3 rings (SSSR count). The van der Waals surface area contributed by atoms with Crippen LogP contribution in [0.5, 0.6) is 5.75 Å². The summed E-state index contributed by atoms with van der Waals surface area (Å²) in [5.74, 6) is -0.513. The monoisotopic (exact) mass is 364 g/mol. The average Bonchev–Trinajstić information content (AvgIpc) is 2.88. The van der Waals surface area contributed by atoms with E-state index >= 15 is 0 Å². The molecule has 1 fully saturated rings. The number of anilines is 2. The summed E-state index contributed by atoms with van der Waals surface area (Å²) in [6.07, 6.45) is -4.69. The van der Waals surface area contributed by atoms with Crippen molar-refractivity contribution in [1.29, 1.82) is 0 Å². The van der Waals surface area contributed by atoms with Crippen molar-refractivity contribution in [2.45, 2.75) is 18.6 Å². The fraction of sp³-hybridized carbons (Fsp3) is 0.222. The highest BCUT2D eigenvalue weighted by atomic mass is 19.4. The third kappa shape index (κ3) is 3.49. The van der Waals surface area contributed by atoms with Gasteiger partial charge in [-0.15, -0.1) is 0 Å². The van der Waals surface area contributed by atoms with Gasteiger partial charge in [-0.1, -0.05) is 6.07 Å². The molecule has 0 aliphatic carbocycles. The number of carbonyl (C=O) groups is 2. The first-order valence-electron chi connectivity index (χ1n) is 7.74. The molecular weight excluding hydrogens is 349 g/mol. The number of methoxy groups -OCH3 is 1. The molecule has 5 nitrogen and oxygen atoms in total. The topological polar surface area (TPSA) is 58.6 Å². The third-order valence-corrected chi connectivity index (χ3v) is 4.01. The Hall–Kier alpha value is -3.03. The van der Waals surface area contributed by atoms with Crippen molar-refractivity contribution in [1.82, 2.24) is 0 Å². The molecule has 1 aliphatic heterocycles. The molecule has 2 aromatic rings. The minimum Gasteiger partial charge on any atom is -0.497 e. The molecule has 1 aliphatic rings. The number of hydrogen-bond donors (Lipinski definition) is 1. The van der Waals surface area contributed by atoms with Crippen LogP contribution in [0.3, 0.4) is 0 Å². The Balaban J connectivity index is 1.80. The zero-order valence-electron chi connectivity index (χ0n) is 13.7. The van der Waals surface area contributed by atoms with Crippen LogP contribution in [0.1, 0.15) is 12.0 Å². The van der Waals surface area contributed by atoms with Crippen LogP contribution in [-0.2, 0) is 15.8 Å². The number of hydrogen-bond acceptors (Lipinski definition) is 4. The number of alkyl halides is 3. The standard InChI is InChI=1S/C18H15F3N2O3/c1-26-14-7-5-12(6-8-14)22-15-10-16(24)23(17(15)25)13-4-2-3-11(9-13)18(19,20)21/h2-9,15,22H,10H2,1H3/t15-/m1/s1. The summed E-state index contributed by atoms with van der Waals surface area (Å²) in [5, 5.41) is 2.93.